The van der Waals surface area contributed by atoms with Gasteiger partial charge in [-0.3, -0.25) is 4.99 Å². The molecule has 0 bridgehead atoms. The Morgan fingerprint density at radius 1 is 1.43 bits per heavy atom. The maximum Gasteiger partial charge on any atom is 0.226 e. The van der Waals surface area contributed by atoms with Crippen LogP contribution in [0.15, 0.2) is 22.2 Å². The first-order valence-electron chi connectivity index (χ1n) is 8.51. The maximum absolute atomic E-state index is 5.25. The largest absolute Gasteiger partial charge is 0.357 e. The SMILES string of the molecule is C=CCCCN(C)C(=NCCCc1nc(C(C)C)no1)NCC. The minimum Gasteiger partial charge on any atom is -0.357 e. The van der Waals surface area contributed by atoms with E-state index in [1.54, 1.807) is 0 Å². The van der Waals surface area contributed by atoms with Crippen LogP contribution in [0.4, 0.5) is 0 Å². The third-order valence-electron chi connectivity index (χ3n) is 3.41. The summed E-state index contributed by atoms with van der Waals surface area (Å²) in [5.74, 6) is 2.73. The van der Waals surface area contributed by atoms with Crippen LogP contribution in [0.1, 0.15) is 57.7 Å². The van der Waals surface area contributed by atoms with Gasteiger partial charge in [0.25, 0.3) is 0 Å². The summed E-state index contributed by atoms with van der Waals surface area (Å²) in [7, 11) is 2.07. The standard InChI is InChI=1S/C17H31N5O/c1-6-8-9-13-22(5)17(18-7-2)19-12-10-11-15-20-16(14(3)4)21-23-15/h6,14H,1,7-13H2,2-5H3,(H,18,19). The molecule has 0 aliphatic rings. The minimum atomic E-state index is 0.301. The van der Waals surface area contributed by atoms with Gasteiger partial charge in [0.1, 0.15) is 0 Å². The number of hydrogen-bond donors (Lipinski definition) is 1. The van der Waals surface area contributed by atoms with Gasteiger partial charge in [-0.1, -0.05) is 25.1 Å². The van der Waals surface area contributed by atoms with Crippen molar-refractivity contribution in [2.24, 2.45) is 4.99 Å². The molecule has 0 spiro atoms. The van der Waals surface area contributed by atoms with Crippen molar-refractivity contribution in [1.82, 2.24) is 20.4 Å². The van der Waals surface area contributed by atoms with Gasteiger partial charge in [0, 0.05) is 39.0 Å². The molecule has 130 valence electrons. The lowest BCUT2D eigenvalue weighted by atomic mass is 10.2. The number of hydrogen-bond acceptors (Lipinski definition) is 4. The molecule has 1 heterocycles. The van der Waals surface area contributed by atoms with Crippen LogP contribution in [0.5, 0.6) is 0 Å². The fourth-order valence-electron chi connectivity index (χ4n) is 2.07. The van der Waals surface area contributed by atoms with Crippen LogP contribution in [-0.4, -0.2) is 47.7 Å². The van der Waals surface area contributed by atoms with Crippen LogP contribution < -0.4 is 5.32 Å². The van der Waals surface area contributed by atoms with Crippen LogP contribution in [0.2, 0.25) is 0 Å². The molecule has 0 saturated heterocycles. The number of aryl methyl sites for hydroxylation is 1. The number of aliphatic imine (C=N–C) groups is 1. The smallest absolute Gasteiger partial charge is 0.226 e. The Bertz CT molecular complexity index is 481. The van der Waals surface area contributed by atoms with Crippen LogP contribution in [0.25, 0.3) is 0 Å². The van der Waals surface area contributed by atoms with Gasteiger partial charge in [0.2, 0.25) is 5.89 Å². The quantitative estimate of drug-likeness (QED) is 0.310. The van der Waals surface area contributed by atoms with E-state index in [4.69, 9.17) is 4.52 Å². The molecule has 0 atom stereocenters. The average molecular weight is 321 g/mol. The van der Waals surface area contributed by atoms with Gasteiger partial charge in [-0.25, -0.2) is 0 Å². The van der Waals surface area contributed by atoms with Gasteiger partial charge in [0.15, 0.2) is 11.8 Å². The summed E-state index contributed by atoms with van der Waals surface area (Å²) in [5.41, 5.74) is 0. The molecule has 0 amide bonds. The Labute approximate surface area is 140 Å². The highest BCUT2D eigenvalue weighted by Crippen LogP contribution is 2.10. The first-order valence-corrected chi connectivity index (χ1v) is 8.51. The first kappa shape index (κ1) is 19.2. The highest BCUT2D eigenvalue weighted by atomic mass is 16.5. The van der Waals surface area contributed by atoms with Crippen molar-refractivity contribution in [2.45, 2.75) is 52.4 Å². The van der Waals surface area contributed by atoms with Crippen molar-refractivity contribution in [3.05, 3.63) is 24.4 Å². The zero-order valence-corrected chi connectivity index (χ0v) is 15.0. The Morgan fingerprint density at radius 2 is 2.22 bits per heavy atom. The van der Waals surface area contributed by atoms with Gasteiger partial charge in [-0.05, 0) is 26.2 Å². The number of aromatic nitrogens is 2. The molecule has 0 saturated carbocycles. The lowest BCUT2D eigenvalue weighted by molar-refractivity contribution is 0.369. The molecule has 0 unspecified atom stereocenters. The maximum atomic E-state index is 5.25. The molecule has 1 N–H and O–H groups in total. The lowest BCUT2D eigenvalue weighted by Crippen LogP contribution is -2.39. The van der Waals surface area contributed by atoms with E-state index in [0.717, 1.165) is 57.1 Å². The number of guanidine groups is 1. The van der Waals surface area contributed by atoms with Gasteiger partial charge in [0.05, 0.1) is 0 Å². The first-order chi connectivity index (χ1) is 11.1. The van der Waals surface area contributed by atoms with Crippen molar-refractivity contribution < 1.29 is 4.52 Å². The molecule has 6 nitrogen and oxygen atoms in total. The highest BCUT2D eigenvalue weighted by molar-refractivity contribution is 5.79. The topological polar surface area (TPSA) is 66.5 Å². The van der Waals surface area contributed by atoms with Crippen molar-refractivity contribution in [2.75, 3.05) is 26.7 Å². The molecule has 0 aliphatic carbocycles. The van der Waals surface area contributed by atoms with E-state index in [2.05, 4.69) is 59.7 Å². The second-order valence-corrected chi connectivity index (χ2v) is 5.89. The zero-order valence-electron chi connectivity index (χ0n) is 15.0. The Balaban J connectivity index is 2.41. The Hall–Kier alpha value is -1.85. The van der Waals surface area contributed by atoms with E-state index in [-0.39, 0.29) is 0 Å². The molecular weight excluding hydrogens is 290 g/mol. The summed E-state index contributed by atoms with van der Waals surface area (Å²) in [6.07, 6.45) is 5.73. The third-order valence-corrected chi connectivity index (χ3v) is 3.41. The Morgan fingerprint density at radius 3 is 2.83 bits per heavy atom. The molecule has 0 aromatic carbocycles. The van der Waals surface area contributed by atoms with Crippen molar-refractivity contribution in [3.8, 4) is 0 Å². The van der Waals surface area contributed by atoms with Crippen LogP contribution in [0, 0.1) is 0 Å². The number of nitrogens with one attached hydrogen (secondary N) is 1. The van der Waals surface area contributed by atoms with Gasteiger partial charge in [-0.2, -0.15) is 4.98 Å². The zero-order chi connectivity index (χ0) is 17.1. The van der Waals surface area contributed by atoms with Crippen LogP contribution in [0.3, 0.4) is 0 Å². The van der Waals surface area contributed by atoms with Crippen LogP contribution >= 0.6 is 0 Å². The summed E-state index contributed by atoms with van der Waals surface area (Å²) in [6, 6.07) is 0. The van der Waals surface area contributed by atoms with Crippen molar-refractivity contribution in [1.29, 1.82) is 0 Å². The summed E-state index contributed by atoms with van der Waals surface area (Å²) >= 11 is 0. The fourth-order valence-corrected chi connectivity index (χ4v) is 2.07. The van der Waals surface area contributed by atoms with E-state index < -0.39 is 0 Å². The molecule has 1 aromatic rings. The van der Waals surface area contributed by atoms with E-state index in [9.17, 15) is 0 Å². The van der Waals surface area contributed by atoms with E-state index in [1.165, 1.54) is 0 Å². The summed E-state index contributed by atoms with van der Waals surface area (Å²) in [5, 5.41) is 7.30. The Kier molecular flexibility index (Phi) is 9.02. The molecule has 6 heteroatoms. The van der Waals surface area contributed by atoms with E-state index in [1.807, 2.05) is 6.08 Å². The lowest BCUT2D eigenvalue weighted by Gasteiger charge is -2.21. The predicted octanol–water partition coefficient (Wildman–Crippen LogP) is 2.99. The summed E-state index contributed by atoms with van der Waals surface area (Å²) in [4.78, 5) is 11.2. The number of nitrogens with zero attached hydrogens (tertiary/aromatic N) is 4. The van der Waals surface area contributed by atoms with Gasteiger partial charge in [-0.15, -0.1) is 6.58 Å². The molecule has 0 aliphatic heterocycles. The van der Waals surface area contributed by atoms with E-state index >= 15 is 0 Å². The van der Waals surface area contributed by atoms with Crippen LogP contribution in [-0.2, 0) is 6.42 Å². The van der Waals surface area contributed by atoms with Gasteiger partial charge >= 0.3 is 0 Å². The highest BCUT2D eigenvalue weighted by Gasteiger charge is 2.09. The third kappa shape index (κ3) is 7.30. The predicted molar refractivity (Wildman–Crippen MR) is 94.7 cm³/mol. The number of rotatable bonds is 10. The number of unbranched alkanes of at least 4 members (excludes halogenated alkanes) is 1. The molecule has 23 heavy (non-hydrogen) atoms. The number of allylic oxidation sites excluding steroid dienone is 1. The monoisotopic (exact) mass is 321 g/mol. The molecule has 0 radical (unpaired) electrons. The minimum absolute atomic E-state index is 0.301. The summed E-state index contributed by atoms with van der Waals surface area (Å²) in [6.45, 7) is 12.5. The van der Waals surface area contributed by atoms with Crippen molar-refractivity contribution in [3.63, 3.8) is 0 Å². The summed E-state index contributed by atoms with van der Waals surface area (Å²) < 4.78 is 5.25. The fraction of sp³-hybridized carbons (Fsp3) is 0.706. The average Bonchev–Trinajstić information content (AvgIpc) is 2.99. The molecule has 0 fully saturated rings. The molecular formula is C17H31N5O. The normalized spacial score (nSPS) is 11.8. The van der Waals surface area contributed by atoms with Crippen molar-refractivity contribution >= 4 is 5.96 Å². The molecule has 1 aromatic heterocycles. The second kappa shape index (κ2) is 10.8. The second-order valence-electron chi connectivity index (χ2n) is 5.89. The van der Waals surface area contributed by atoms with E-state index in [0.29, 0.717) is 11.8 Å². The molecule has 1 rings (SSSR count). The van der Waals surface area contributed by atoms with Gasteiger partial charge < -0.3 is 14.7 Å².